The molecule has 0 saturated heterocycles. The highest BCUT2D eigenvalue weighted by atomic mass is 19.1. The SMILES string of the molecule is COc1ccc(CN(C)CC(N)CO)cc1F. The van der Waals surface area contributed by atoms with E-state index in [0.29, 0.717) is 13.1 Å². The molecule has 0 bridgehead atoms. The standard InChI is InChI=1S/C12H19FN2O2/c1-15(7-10(14)8-16)6-9-3-4-12(17-2)11(13)5-9/h3-5,10,16H,6-8,14H2,1-2H3. The summed E-state index contributed by atoms with van der Waals surface area (Å²) in [4.78, 5) is 1.93. The zero-order valence-corrected chi connectivity index (χ0v) is 10.2. The minimum atomic E-state index is -0.371. The fourth-order valence-corrected chi connectivity index (χ4v) is 1.64. The van der Waals surface area contributed by atoms with Crippen molar-refractivity contribution in [3.63, 3.8) is 0 Å². The highest BCUT2D eigenvalue weighted by Crippen LogP contribution is 2.18. The van der Waals surface area contributed by atoms with E-state index in [0.717, 1.165) is 5.56 Å². The number of hydrogen-bond donors (Lipinski definition) is 2. The number of nitrogens with zero attached hydrogens (tertiary/aromatic N) is 1. The van der Waals surface area contributed by atoms with Crippen molar-refractivity contribution < 1.29 is 14.2 Å². The molecule has 0 aliphatic carbocycles. The van der Waals surface area contributed by atoms with Crippen LogP contribution < -0.4 is 10.5 Å². The zero-order valence-electron chi connectivity index (χ0n) is 10.2. The van der Waals surface area contributed by atoms with E-state index in [1.807, 2.05) is 18.0 Å². The number of ether oxygens (including phenoxy) is 1. The van der Waals surface area contributed by atoms with Crippen molar-refractivity contribution in [2.75, 3.05) is 27.3 Å². The molecule has 4 nitrogen and oxygen atoms in total. The molecular weight excluding hydrogens is 223 g/mol. The largest absolute Gasteiger partial charge is 0.494 e. The average molecular weight is 242 g/mol. The second kappa shape index (κ2) is 6.54. The fourth-order valence-electron chi connectivity index (χ4n) is 1.64. The number of halogens is 1. The zero-order chi connectivity index (χ0) is 12.8. The summed E-state index contributed by atoms with van der Waals surface area (Å²) in [7, 11) is 3.31. The number of likely N-dealkylation sites (N-methyl/N-ethyl adjacent to an activating group) is 1. The molecule has 96 valence electrons. The van der Waals surface area contributed by atoms with Gasteiger partial charge in [-0.05, 0) is 24.7 Å². The van der Waals surface area contributed by atoms with Crippen LogP contribution in [0.3, 0.4) is 0 Å². The molecule has 3 N–H and O–H groups in total. The van der Waals surface area contributed by atoms with Crippen LogP contribution >= 0.6 is 0 Å². The van der Waals surface area contributed by atoms with Crippen molar-refractivity contribution in [1.82, 2.24) is 4.90 Å². The van der Waals surface area contributed by atoms with Crippen molar-refractivity contribution in [1.29, 1.82) is 0 Å². The first kappa shape index (κ1) is 13.9. The predicted octanol–water partition coefficient (Wildman–Crippen LogP) is 0.586. The van der Waals surface area contributed by atoms with E-state index in [9.17, 15) is 4.39 Å². The van der Waals surface area contributed by atoms with E-state index < -0.39 is 0 Å². The van der Waals surface area contributed by atoms with Crippen molar-refractivity contribution in [3.05, 3.63) is 29.6 Å². The van der Waals surface area contributed by atoms with Crippen LogP contribution in [0.15, 0.2) is 18.2 Å². The van der Waals surface area contributed by atoms with Gasteiger partial charge in [0, 0.05) is 19.1 Å². The predicted molar refractivity (Wildman–Crippen MR) is 64.3 cm³/mol. The molecule has 1 rings (SSSR count). The van der Waals surface area contributed by atoms with Gasteiger partial charge in [0.15, 0.2) is 11.6 Å². The molecule has 0 fully saturated rings. The van der Waals surface area contributed by atoms with Gasteiger partial charge in [0.2, 0.25) is 0 Å². The number of hydrogen-bond acceptors (Lipinski definition) is 4. The lowest BCUT2D eigenvalue weighted by atomic mass is 10.2. The molecule has 0 amide bonds. The van der Waals surface area contributed by atoms with Crippen LogP contribution in [0.25, 0.3) is 0 Å². The molecule has 0 aliphatic rings. The van der Waals surface area contributed by atoms with Gasteiger partial charge in [-0.25, -0.2) is 4.39 Å². The van der Waals surface area contributed by atoms with Gasteiger partial charge in [0.25, 0.3) is 0 Å². The monoisotopic (exact) mass is 242 g/mol. The Kier molecular flexibility index (Phi) is 5.34. The summed E-state index contributed by atoms with van der Waals surface area (Å²) in [5, 5.41) is 8.83. The Hall–Kier alpha value is -1.17. The molecule has 17 heavy (non-hydrogen) atoms. The average Bonchev–Trinajstić information content (AvgIpc) is 2.29. The summed E-state index contributed by atoms with van der Waals surface area (Å²) in [6.07, 6.45) is 0. The molecular formula is C12H19FN2O2. The summed E-state index contributed by atoms with van der Waals surface area (Å²) in [6.45, 7) is 1.08. The van der Waals surface area contributed by atoms with Crippen molar-refractivity contribution in [2.45, 2.75) is 12.6 Å². The highest BCUT2D eigenvalue weighted by Gasteiger charge is 2.08. The number of methoxy groups -OCH3 is 1. The third-order valence-electron chi connectivity index (χ3n) is 2.45. The Balaban J connectivity index is 2.59. The maximum absolute atomic E-state index is 13.4. The Morgan fingerprint density at radius 1 is 1.53 bits per heavy atom. The molecule has 5 heteroatoms. The van der Waals surface area contributed by atoms with Gasteiger partial charge in [0.05, 0.1) is 13.7 Å². The van der Waals surface area contributed by atoms with Crippen LogP contribution in [-0.2, 0) is 6.54 Å². The second-order valence-electron chi connectivity index (χ2n) is 4.11. The van der Waals surface area contributed by atoms with Gasteiger partial charge in [-0.15, -0.1) is 0 Å². The molecule has 1 unspecified atom stereocenters. The van der Waals surface area contributed by atoms with Gasteiger partial charge >= 0.3 is 0 Å². The smallest absolute Gasteiger partial charge is 0.165 e. The topological polar surface area (TPSA) is 58.7 Å². The normalized spacial score (nSPS) is 12.8. The van der Waals surface area contributed by atoms with E-state index in [1.54, 1.807) is 6.07 Å². The van der Waals surface area contributed by atoms with Gasteiger partial charge in [0.1, 0.15) is 0 Å². The van der Waals surface area contributed by atoms with E-state index in [1.165, 1.54) is 13.2 Å². The lowest BCUT2D eigenvalue weighted by Gasteiger charge is -2.20. The van der Waals surface area contributed by atoms with Crippen LogP contribution in [0.4, 0.5) is 4.39 Å². The third kappa shape index (κ3) is 4.30. The lowest BCUT2D eigenvalue weighted by molar-refractivity contribution is 0.218. The van der Waals surface area contributed by atoms with Crippen LogP contribution in [0, 0.1) is 5.82 Å². The molecule has 1 aromatic rings. The maximum Gasteiger partial charge on any atom is 0.165 e. The van der Waals surface area contributed by atoms with Crippen LogP contribution in [0.2, 0.25) is 0 Å². The molecule has 0 spiro atoms. The van der Waals surface area contributed by atoms with Crippen molar-refractivity contribution >= 4 is 0 Å². The molecule has 1 aromatic carbocycles. The summed E-state index contributed by atoms with van der Waals surface area (Å²) in [5.41, 5.74) is 6.46. The highest BCUT2D eigenvalue weighted by molar-refractivity contribution is 5.29. The number of aliphatic hydroxyl groups is 1. The van der Waals surface area contributed by atoms with Crippen LogP contribution in [0.5, 0.6) is 5.75 Å². The van der Waals surface area contributed by atoms with E-state index in [-0.39, 0.29) is 24.2 Å². The molecule has 1 atom stereocenters. The van der Waals surface area contributed by atoms with Crippen molar-refractivity contribution in [3.8, 4) is 5.75 Å². The third-order valence-corrected chi connectivity index (χ3v) is 2.45. The first-order valence-corrected chi connectivity index (χ1v) is 5.44. The Bertz CT molecular complexity index is 360. The van der Waals surface area contributed by atoms with Gasteiger partial charge in [-0.2, -0.15) is 0 Å². The summed E-state index contributed by atoms with van der Waals surface area (Å²) < 4.78 is 18.3. The summed E-state index contributed by atoms with van der Waals surface area (Å²) in [6, 6.07) is 4.58. The lowest BCUT2D eigenvalue weighted by Crippen LogP contribution is -2.37. The Labute approximate surface area is 101 Å². The molecule has 0 aliphatic heterocycles. The van der Waals surface area contributed by atoms with Gasteiger partial charge in [-0.1, -0.05) is 6.07 Å². The summed E-state index contributed by atoms with van der Waals surface area (Å²) in [5.74, 6) is -0.131. The van der Waals surface area contributed by atoms with E-state index in [2.05, 4.69) is 0 Å². The van der Waals surface area contributed by atoms with Gasteiger partial charge in [-0.3, -0.25) is 0 Å². The van der Waals surface area contributed by atoms with Crippen LogP contribution in [-0.4, -0.2) is 43.4 Å². The number of aliphatic hydroxyl groups excluding tert-OH is 1. The first-order chi connectivity index (χ1) is 8.06. The maximum atomic E-state index is 13.4. The second-order valence-corrected chi connectivity index (χ2v) is 4.11. The van der Waals surface area contributed by atoms with Gasteiger partial charge < -0.3 is 20.5 Å². The Morgan fingerprint density at radius 3 is 2.76 bits per heavy atom. The number of nitrogens with two attached hydrogens (primary N) is 1. The van der Waals surface area contributed by atoms with E-state index in [4.69, 9.17) is 15.6 Å². The minimum absolute atomic E-state index is 0.0543. The van der Waals surface area contributed by atoms with Crippen molar-refractivity contribution in [2.24, 2.45) is 5.73 Å². The molecule has 0 radical (unpaired) electrons. The van der Waals surface area contributed by atoms with E-state index >= 15 is 0 Å². The quantitative estimate of drug-likeness (QED) is 0.766. The summed E-state index contributed by atoms with van der Waals surface area (Å²) >= 11 is 0. The van der Waals surface area contributed by atoms with Crippen LogP contribution in [0.1, 0.15) is 5.56 Å². The molecule has 0 saturated carbocycles. The first-order valence-electron chi connectivity index (χ1n) is 5.44. The molecule has 0 aromatic heterocycles. The number of benzene rings is 1. The fraction of sp³-hybridized carbons (Fsp3) is 0.500. The Morgan fingerprint density at radius 2 is 2.24 bits per heavy atom. The number of rotatable bonds is 6. The minimum Gasteiger partial charge on any atom is -0.494 e. The molecule has 0 heterocycles.